The molecular formula is C14H19N3OS. The van der Waals surface area contributed by atoms with Crippen LogP contribution >= 0.6 is 11.8 Å². The highest BCUT2D eigenvalue weighted by molar-refractivity contribution is 7.98. The number of nitrogens with zero attached hydrogens (tertiary/aromatic N) is 2. The molecule has 1 unspecified atom stereocenters. The first-order chi connectivity index (χ1) is 9.20. The molecule has 0 aliphatic heterocycles. The summed E-state index contributed by atoms with van der Waals surface area (Å²) in [6, 6.07) is 7.16. The molecule has 0 aliphatic rings. The van der Waals surface area contributed by atoms with E-state index >= 15 is 0 Å². The molecule has 2 aromatic heterocycles. The van der Waals surface area contributed by atoms with Crippen molar-refractivity contribution in [2.75, 3.05) is 18.6 Å². The Hall–Kier alpha value is -1.33. The van der Waals surface area contributed by atoms with Crippen LogP contribution in [0.4, 0.5) is 0 Å². The summed E-state index contributed by atoms with van der Waals surface area (Å²) in [5, 5.41) is 3.35. The second kappa shape index (κ2) is 6.73. The van der Waals surface area contributed by atoms with E-state index in [4.69, 9.17) is 0 Å². The highest BCUT2D eigenvalue weighted by Crippen LogP contribution is 2.03. The summed E-state index contributed by atoms with van der Waals surface area (Å²) in [5.41, 5.74) is 1.47. The Kier molecular flexibility index (Phi) is 4.99. The summed E-state index contributed by atoms with van der Waals surface area (Å²) in [6.45, 7) is 3.79. The molecule has 2 heterocycles. The van der Waals surface area contributed by atoms with Gasteiger partial charge in [-0.3, -0.25) is 9.20 Å². The van der Waals surface area contributed by atoms with E-state index in [1.807, 2.05) is 30.0 Å². The number of hydrogen-bond donors (Lipinski definition) is 1. The minimum atomic E-state index is -0.0282. The first-order valence-electron chi connectivity index (χ1n) is 6.37. The van der Waals surface area contributed by atoms with Gasteiger partial charge in [-0.1, -0.05) is 13.0 Å². The topological polar surface area (TPSA) is 46.4 Å². The number of hydrogen-bond acceptors (Lipinski definition) is 4. The minimum absolute atomic E-state index is 0.0282. The van der Waals surface area contributed by atoms with E-state index in [0.29, 0.717) is 18.1 Å². The van der Waals surface area contributed by atoms with Gasteiger partial charge >= 0.3 is 0 Å². The van der Waals surface area contributed by atoms with Gasteiger partial charge in [0.2, 0.25) is 0 Å². The molecule has 19 heavy (non-hydrogen) atoms. The number of rotatable bonds is 6. The van der Waals surface area contributed by atoms with Crippen LogP contribution in [-0.4, -0.2) is 27.9 Å². The first kappa shape index (κ1) is 14.1. The Bertz CT molecular complexity index is 597. The molecule has 4 nitrogen and oxygen atoms in total. The van der Waals surface area contributed by atoms with Crippen molar-refractivity contribution in [1.82, 2.24) is 14.7 Å². The lowest BCUT2D eigenvalue weighted by Crippen LogP contribution is -2.24. The Balaban J connectivity index is 2.03. The zero-order valence-corrected chi connectivity index (χ0v) is 12.1. The van der Waals surface area contributed by atoms with Crippen LogP contribution in [0, 0.1) is 5.92 Å². The van der Waals surface area contributed by atoms with Crippen molar-refractivity contribution in [2.24, 2.45) is 5.92 Å². The van der Waals surface area contributed by atoms with Gasteiger partial charge in [-0.25, -0.2) is 4.98 Å². The van der Waals surface area contributed by atoms with Crippen LogP contribution in [0.1, 0.15) is 12.6 Å². The second-order valence-electron chi connectivity index (χ2n) is 4.71. The standard InChI is InChI=1S/C14H19N3OS/c1-11(10-19-2)8-15-9-12-7-14(18)17-6-4-3-5-13(17)16-12/h3-7,11,15H,8-10H2,1-2H3. The largest absolute Gasteiger partial charge is 0.311 e. The molecule has 0 fully saturated rings. The van der Waals surface area contributed by atoms with Crippen LogP contribution in [0.3, 0.4) is 0 Å². The van der Waals surface area contributed by atoms with Crippen LogP contribution in [0.25, 0.3) is 5.65 Å². The fourth-order valence-electron chi connectivity index (χ4n) is 1.98. The lowest BCUT2D eigenvalue weighted by molar-refractivity contribution is 0.555. The molecular weight excluding hydrogens is 258 g/mol. The zero-order valence-electron chi connectivity index (χ0n) is 11.3. The van der Waals surface area contributed by atoms with E-state index in [1.165, 1.54) is 0 Å². The van der Waals surface area contributed by atoms with Crippen molar-refractivity contribution in [3.8, 4) is 0 Å². The maximum atomic E-state index is 11.9. The van der Waals surface area contributed by atoms with Crippen LogP contribution in [0.15, 0.2) is 35.3 Å². The van der Waals surface area contributed by atoms with Gasteiger partial charge in [0.1, 0.15) is 5.65 Å². The van der Waals surface area contributed by atoms with E-state index in [9.17, 15) is 4.79 Å². The summed E-state index contributed by atoms with van der Waals surface area (Å²) in [4.78, 5) is 16.4. The number of fused-ring (bicyclic) bond motifs is 1. The number of nitrogens with one attached hydrogen (secondary N) is 1. The van der Waals surface area contributed by atoms with Gasteiger partial charge < -0.3 is 5.32 Å². The molecule has 0 aromatic carbocycles. The Morgan fingerprint density at radius 1 is 1.47 bits per heavy atom. The average Bonchev–Trinajstić information content (AvgIpc) is 2.39. The van der Waals surface area contributed by atoms with E-state index in [0.717, 1.165) is 18.0 Å². The smallest absolute Gasteiger partial charge is 0.258 e. The first-order valence-corrected chi connectivity index (χ1v) is 7.77. The molecule has 0 saturated heterocycles. The van der Waals surface area contributed by atoms with Gasteiger partial charge in [-0.2, -0.15) is 11.8 Å². The summed E-state index contributed by atoms with van der Waals surface area (Å²) >= 11 is 1.85. The number of pyridine rings is 1. The molecule has 0 spiro atoms. The normalized spacial score (nSPS) is 12.7. The average molecular weight is 277 g/mol. The summed E-state index contributed by atoms with van der Waals surface area (Å²) < 4.78 is 1.56. The molecule has 1 atom stereocenters. The van der Waals surface area contributed by atoms with Gasteiger partial charge in [0.05, 0.1) is 5.69 Å². The summed E-state index contributed by atoms with van der Waals surface area (Å²) in [5.74, 6) is 1.76. The third-order valence-electron chi connectivity index (χ3n) is 2.87. The molecule has 2 aromatic rings. The van der Waals surface area contributed by atoms with Crippen LogP contribution in [0.2, 0.25) is 0 Å². The summed E-state index contributed by atoms with van der Waals surface area (Å²) in [6.07, 6.45) is 3.85. The Labute approximate surface area is 117 Å². The molecule has 102 valence electrons. The van der Waals surface area contributed by atoms with Crippen LogP contribution < -0.4 is 10.9 Å². The predicted octanol–water partition coefficient (Wildman–Crippen LogP) is 1.78. The van der Waals surface area contributed by atoms with Gasteiger partial charge in [0, 0.05) is 18.8 Å². The fraction of sp³-hybridized carbons (Fsp3) is 0.429. The fourth-order valence-corrected chi connectivity index (χ4v) is 2.67. The van der Waals surface area contributed by atoms with E-state index < -0.39 is 0 Å². The lowest BCUT2D eigenvalue weighted by Gasteiger charge is -2.11. The lowest BCUT2D eigenvalue weighted by atomic mass is 10.2. The third kappa shape index (κ3) is 3.81. The number of thioether (sulfide) groups is 1. The van der Waals surface area contributed by atoms with Crippen molar-refractivity contribution in [1.29, 1.82) is 0 Å². The molecule has 2 rings (SSSR count). The van der Waals surface area contributed by atoms with Crippen LogP contribution in [-0.2, 0) is 6.54 Å². The maximum Gasteiger partial charge on any atom is 0.258 e. The predicted molar refractivity (Wildman–Crippen MR) is 80.7 cm³/mol. The van der Waals surface area contributed by atoms with Crippen molar-refractivity contribution in [3.05, 3.63) is 46.5 Å². The SMILES string of the molecule is CSCC(C)CNCc1cc(=O)n2ccccc2n1. The monoisotopic (exact) mass is 277 g/mol. The Morgan fingerprint density at radius 3 is 3.11 bits per heavy atom. The van der Waals surface area contributed by atoms with Crippen molar-refractivity contribution < 1.29 is 0 Å². The molecule has 0 radical (unpaired) electrons. The van der Waals surface area contributed by atoms with E-state index in [-0.39, 0.29) is 5.56 Å². The van der Waals surface area contributed by atoms with E-state index in [2.05, 4.69) is 23.5 Å². The van der Waals surface area contributed by atoms with E-state index in [1.54, 1.807) is 16.7 Å². The third-order valence-corrected chi connectivity index (χ3v) is 3.78. The highest BCUT2D eigenvalue weighted by Gasteiger charge is 2.03. The molecule has 5 heteroatoms. The Morgan fingerprint density at radius 2 is 2.32 bits per heavy atom. The minimum Gasteiger partial charge on any atom is -0.311 e. The van der Waals surface area contributed by atoms with Crippen LogP contribution in [0.5, 0.6) is 0 Å². The molecule has 0 saturated carbocycles. The second-order valence-corrected chi connectivity index (χ2v) is 5.62. The van der Waals surface area contributed by atoms with Crippen molar-refractivity contribution in [2.45, 2.75) is 13.5 Å². The van der Waals surface area contributed by atoms with Gasteiger partial charge in [0.15, 0.2) is 0 Å². The van der Waals surface area contributed by atoms with Gasteiger partial charge in [0.25, 0.3) is 5.56 Å². The summed E-state index contributed by atoms with van der Waals surface area (Å²) in [7, 11) is 0. The van der Waals surface area contributed by atoms with Gasteiger partial charge in [-0.05, 0) is 36.6 Å². The molecule has 1 N–H and O–H groups in total. The number of aromatic nitrogens is 2. The van der Waals surface area contributed by atoms with Crippen molar-refractivity contribution in [3.63, 3.8) is 0 Å². The zero-order chi connectivity index (χ0) is 13.7. The van der Waals surface area contributed by atoms with Gasteiger partial charge in [-0.15, -0.1) is 0 Å². The maximum absolute atomic E-state index is 11.9. The van der Waals surface area contributed by atoms with Crippen molar-refractivity contribution >= 4 is 17.4 Å². The quantitative estimate of drug-likeness (QED) is 0.874. The molecule has 0 aliphatic carbocycles. The molecule has 0 bridgehead atoms. The highest BCUT2D eigenvalue weighted by atomic mass is 32.2. The molecule has 0 amide bonds.